The Labute approximate surface area is 189 Å². The second-order valence-corrected chi connectivity index (χ2v) is 13.2. The highest BCUT2D eigenvalue weighted by molar-refractivity contribution is 7.13. The minimum absolute atomic E-state index is 0.421. The smallest absolute Gasteiger partial charge is 0.0790 e. The molecular weight excluding hydrogens is 388 g/mol. The number of hydrogen-bond donors (Lipinski definition) is 0. The fraction of sp³-hybridized carbons (Fsp3) is 0.267. The van der Waals surface area contributed by atoms with Gasteiger partial charge in [0.05, 0.1) is 0 Å². The molecule has 0 saturated heterocycles. The molecule has 0 radical (unpaired) electrons. The van der Waals surface area contributed by atoms with E-state index in [9.17, 15) is 0 Å². The van der Waals surface area contributed by atoms with E-state index in [0.717, 1.165) is 0 Å². The third-order valence-corrected chi connectivity index (χ3v) is 11.7. The first-order chi connectivity index (χ1) is 15.0. The molecule has 0 spiro atoms. The highest BCUT2D eigenvalue weighted by atomic mass is 28.3. The predicted octanol–water partition coefficient (Wildman–Crippen LogP) is 6.14. The van der Waals surface area contributed by atoms with Crippen molar-refractivity contribution in [2.24, 2.45) is 0 Å². The molecular formula is C30H34Si. The summed E-state index contributed by atoms with van der Waals surface area (Å²) in [5.41, 5.74) is 5.95. The normalized spacial score (nSPS) is 15.9. The number of aryl methyl sites for hydroxylation is 3. The van der Waals surface area contributed by atoms with Gasteiger partial charge in [-0.15, -0.1) is 0 Å². The summed E-state index contributed by atoms with van der Waals surface area (Å²) in [5, 5.41) is 4.52. The second kappa shape index (κ2) is 9.24. The molecule has 3 aromatic rings. The third-order valence-electron chi connectivity index (χ3n) is 6.65. The molecule has 31 heavy (non-hydrogen) atoms. The lowest BCUT2D eigenvalue weighted by Gasteiger charge is -2.38. The number of allylic oxidation sites excluding steroid dienone is 4. The molecule has 0 heterocycles. The number of unbranched alkanes of at least 4 members (excludes halogenated alkanes) is 1. The van der Waals surface area contributed by atoms with Gasteiger partial charge in [0.2, 0.25) is 0 Å². The van der Waals surface area contributed by atoms with Gasteiger partial charge in [-0.3, -0.25) is 0 Å². The van der Waals surface area contributed by atoms with E-state index < -0.39 is 8.07 Å². The topological polar surface area (TPSA) is 0 Å². The van der Waals surface area contributed by atoms with Crippen LogP contribution < -0.4 is 15.6 Å². The van der Waals surface area contributed by atoms with Crippen molar-refractivity contribution in [2.75, 3.05) is 0 Å². The van der Waals surface area contributed by atoms with Crippen LogP contribution in [0.4, 0.5) is 0 Å². The van der Waals surface area contributed by atoms with E-state index in [4.69, 9.17) is 0 Å². The van der Waals surface area contributed by atoms with Crippen LogP contribution in [0, 0.1) is 20.8 Å². The van der Waals surface area contributed by atoms with Crippen LogP contribution in [-0.2, 0) is 0 Å². The Morgan fingerprint density at radius 2 is 1.19 bits per heavy atom. The zero-order valence-corrected chi connectivity index (χ0v) is 20.4. The predicted molar refractivity (Wildman–Crippen MR) is 139 cm³/mol. The van der Waals surface area contributed by atoms with Gasteiger partial charge in [-0.25, -0.2) is 0 Å². The molecule has 0 aromatic heterocycles. The summed E-state index contributed by atoms with van der Waals surface area (Å²) < 4.78 is 0. The molecule has 0 amide bonds. The van der Waals surface area contributed by atoms with Crippen molar-refractivity contribution < 1.29 is 0 Å². The number of rotatable bonds is 7. The lowest BCUT2D eigenvalue weighted by atomic mass is 10.1. The van der Waals surface area contributed by atoms with Crippen LogP contribution in [0.15, 0.2) is 96.6 Å². The molecule has 158 valence electrons. The van der Waals surface area contributed by atoms with Crippen molar-refractivity contribution in [1.82, 2.24) is 0 Å². The van der Waals surface area contributed by atoms with Crippen LogP contribution in [0.5, 0.6) is 0 Å². The van der Waals surface area contributed by atoms with Gasteiger partial charge in [0.1, 0.15) is 0 Å². The molecule has 0 bridgehead atoms. The van der Waals surface area contributed by atoms with Crippen molar-refractivity contribution in [3.05, 3.63) is 113 Å². The Balaban J connectivity index is 2.03. The monoisotopic (exact) mass is 422 g/mol. The molecule has 0 nitrogen and oxygen atoms in total. The molecule has 1 atom stereocenters. The van der Waals surface area contributed by atoms with Gasteiger partial charge >= 0.3 is 0 Å². The minimum Gasteiger partial charge on any atom is -0.0790 e. The van der Waals surface area contributed by atoms with E-state index in [-0.39, 0.29) is 0 Å². The van der Waals surface area contributed by atoms with Gasteiger partial charge in [0.15, 0.2) is 8.07 Å². The Hall–Kier alpha value is -2.64. The molecule has 0 N–H and O–H groups in total. The van der Waals surface area contributed by atoms with Crippen LogP contribution in [0.25, 0.3) is 0 Å². The molecule has 1 aliphatic carbocycles. The SMILES string of the molecule is CCCCC1=CC([Si](c2cccc(C)c2)(c2cccc(C)c2)c2cccc(C)c2)C=C1. The Kier molecular flexibility index (Phi) is 6.43. The van der Waals surface area contributed by atoms with E-state index in [1.807, 2.05) is 0 Å². The molecule has 0 aliphatic heterocycles. The molecule has 1 heteroatoms. The Morgan fingerprint density at radius 1 is 0.710 bits per heavy atom. The summed E-state index contributed by atoms with van der Waals surface area (Å²) in [5.74, 6) is 0. The molecule has 0 saturated carbocycles. The van der Waals surface area contributed by atoms with Crippen LogP contribution in [0.2, 0.25) is 5.54 Å². The van der Waals surface area contributed by atoms with E-state index in [2.05, 4.69) is 119 Å². The summed E-state index contributed by atoms with van der Waals surface area (Å²) >= 11 is 0. The van der Waals surface area contributed by atoms with Crippen LogP contribution >= 0.6 is 0 Å². The van der Waals surface area contributed by atoms with Crippen LogP contribution in [-0.4, -0.2) is 8.07 Å². The molecule has 1 unspecified atom stereocenters. The lowest BCUT2D eigenvalue weighted by molar-refractivity contribution is 0.798. The molecule has 4 rings (SSSR count). The van der Waals surface area contributed by atoms with Gasteiger partial charge < -0.3 is 0 Å². The maximum absolute atomic E-state index is 2.59. The van der Waals surface area contributed by atoms with Crippen molar-refractivity contribution >= 4 is 23.6 Å². The summed E-state index contributed by atoms with van der Waals surface area (Å²) in [4.78, 5) is 0. The first kappa shape index (κ1) is 21.6. The fourth-order valence-electron chi connectivity index (χ4n) is 5.13. The molecule has 0 fully saturated rings. The number of hydrogen-bond acceptors (Lipinski definition) is 0. The zero-order chi connectivity index (χ0) is 21.8. The third kappa shape index (κ3) is 4.25. The second-order valence-electron chi connectivity index (χ2n) is 9.15. The largest absolute Gasteiger partial charge is 0.158 e. The molecule has 3 aromatic carbocycles. The van der Waals surface area contributed by atoms with Crippen molar-refractivity contribution in [3.63, 3.8) is 0 Å². The quantitative estimate of drug-likeness (QED) is 0.317. The maximum atomic E-state index is 2.59. The highest BCUT2D eigenvalue weighted by Gasteiger charge is 2.45. The van der Waals surface area contributed by atoms with E-state index in [1.54, 1.807) is 0 Å². The minimum atomic E-state index is -2.33. The van der Waals surface area contributed by atoms with E-state index in [0.29, 0.717) is 5.54 Å². The summed E-state index contributed by atoms with van der Waals surface area (Å²) in [6.07, 6.45) is 11.2. The van der Waals surface area contributed by atoms with E-state index >= 15 is 0 Å². The first-order valence-corrected chi connectivity index (χ1v) is 13.7. The standard InChI is InChI=1S/C30H34Si/c1-5-6-13-26-17-18-30(22-26)31(27-14-7-10-23(2)19-27,28-15-8-11-24(3)20-28)29-16-9-12-25(4)21-29/h7-12,14-22,30H,5-6,13H2,1-4H3. The number of benzene rings is 3. The Morgan fingerprint density at radius 3 is 1.61 bits per heavy atom. The van der Waals surface area contributed by atoms with Gasteiger partial charge in [-0.2, -0.15) is 0 Å². The van der Waals surface area contributed by atoms with Crippen molar-refractivity contribution in [3.8, 4) is 0 Å². The van der Waals surface area contributed by atoms with Gasteiger partial charge in [-0.1, -0.05) is 127 Å². The summed E-state index contributed by atoms with van der Waals surface area (Å²) in [6.45, 7) is 8.95. The maximum Gasteiger partial charge on any atom is 0.158 e. The van der Waals surface area contributed by atoms with Crippen molar-refractivity contribution in [1.29, 1.82) is 0 Å². The van der Waals surface area contributed by atoms with E-state index in [1.165, 1.54) is 57.1 Å². The summed E-state index contributed by atoms with van der Waals surface area (Å²) in [6, 6.07) is 27.9. The highest BCUT2D eigenvalue weighted by Crippen LogP contribution is 2.33. The lowest BCUT2D eigenvalue weighted by Crippen LogP contribution is -2.69. The average molecular weight is 423 g/mol. The van der Waals surface area contributed by atoms with Gasteiger partial charge in [0, 0.05) is 5.54 Å². The van der Waals surface area contributed by atoms with Crippen LogP contribution in [0.1, 0.15) is 42.9 Å². The van der Waals surface area contributed by atoms with Crippen LogP contribution in [0.3, 0.4) is 0 Å². The Bertz CT molecular complexity index is 1010. The van der Waals surface area contributed by atoms with Crippen molar-refractivity contribution in [2.45, 2.75) is 52.5 Å². The summed E-state index contributed by atoms with van der Waals surface area (Å²) in [7, 11) is -2.33. The van der Waals surface area contributed by atoms with Gasteiger partial charge in [0.25, 0.3) is 0 Å². The molecule has 1 aliphatic rings. The zero-order valence-electron chi connectivity index (χ0n) is 19.4. The van der Waals surface area contributed by atoms with Gasteiger partial charge in [-0.05, 0) is 49.2 Å². The first-order valence-electron chi connectivity index (χ1n) is 11.6. The fourth-order valence-corrected chi connectivity index (χ4v) is 10.6. The average Bonchev–Trinajstić information content (AvgIpc) is 3.22.